The van der Waals surface area contributed by atoms with Crippen molar-refractivity contribution in [3.05, 3.63) is 34.4 Å². The Morgan fingerprint density at radius 3 is 1.64 bits per heavy atom. The molecule has 1 aliphatic heterocycles. The van der Waals surface area contributed by atoms with Crippen LogP contribution in [0.4, 0.5) is 0 Å². The zero-order chi connectivity index (χ0) is 16.4. The van der Waals surface area contributed by atoms with Crippen LogP contribution >= 0.6 is 0 Å². The highest BCUT2D eigenvalue weighted by atomic mass is 16.5. The average molecular weight is 307 g/mol. The van der Waals surface area contributed by atoms with Gasteiger partial charge in [-0.25, -0.2) is 9.59 Å². The first-order valence-corrected chi connectivity index (χ1v) is 6.52. The topological polar surface area (TPSA) is 110 Å². The van der Waals surface area contributed by atoms with Crippen LogP contribution in [0.1, 0.15) is 55.3 Å². The molecular formula is C14H13NO7. The van der Waals surface area contributed by atoms with Gasteiger partial charge in [0.1, 0.15) is 0 Å². The minimum atomic E-state index is -0.971. The minimum Gasteiger partial charge on any atom is -0.462 e. The number of fused-ring (bicyclic) bond motifs is 1. The molecule has 116 valence electrons. The number of hydrogen-bond donors (Lipinski definition) is 1. The van der Waals surface area contributed by atoms with Crippen LogP contribution in [0.25, 0.3) is 0 Å². The standard InChI is InChI=1S/C14H13NO7/c1-3-21-13(18)9-5-7-8(12(17)15(20)11(7)16)6-10(9)14(19)22-4-2/h5-6,20H,3-4H2,1-2H3. The van der Waals surface area contributed by atoms with E-state index in [1.54, 1.807) is 13.8 Å². The zero-order valence-electron chi connectivity index (χ0n) is 11.9. The third kappa shape index (κ3) is 2.44. The van der Waals surface area contributed by atoms with Crippen molar-refractivity contribution in [2.45, 2.75) is 13.8 Å². The maximum atomic E-state index is 11.9. The van der Waals surface area contributed by atoms with E-state index in [0.29, 0.717) is 0 Å². The lowest BCUT2D eigenvalue weighted by Gasteiger charge is -2.09. The Labute approximate surface area is 125 Å². The van der Waals surface area contributed by atoms with Crippen LogP contribution < -0.4 is 0 Å². The molecule has 8 heteroatoms. The lowest BCUT2D eigenvalue weighted by Crippen LogP contribution is -2.25. The fourth-order valence-corrected chi connectivity index (χ4v) is 2.03. The number of esters is 2. The molecule has 1 heterocycles. The van der Waals surface area contributed by atoms with Crippen molar-refractivity contribution in [1.82, 2.24) is 5.06 Å². The van der Waals surface area contributed by atoms with E-state index in [9.17, 15) is 24.4 Å². The molecule has 0 radical (unpaired) electrons. The molecule has 2 amide bonds. The van der Waals surface area contributed by atoms with Gasteiger partial charge >= 0.3 is 11.9 Å². The van der Waals surface area contributed by atoms with Gasteiger partial charge in [0.2, 0.25) is 0 Å². The smallest absolute Gasteiger partial charge is 0.339 e. The highest BCUT2D eigenvalue weighted by molar-refractivity contribution is 6.22. The normalized spacial score (nSPS) is 13.1. The van der Waals surface area contributed by atoms with Crippen molar-refractivity contribution < 1.29 is 33.9 Å². The van der Waals surface area contributed by atoms with E-state index in [2.05, 4.69) is 0 Å². The third-order valence-electron chi connectivity index (χ3n) is 2.99. The Morgan fingerprint density at radius 1 is 0.955 bits per heavy atom. The first-order valence-electron chi connectivity index (χ1n) is 6.52. The second kappa shape index (κ2) is 5.94. The molecule has 1 N–H and O–H groups in total. The number of carbonyl (C=O) groups excluding carboxylic acids is 4. The first kappa shape index (κ1) is 15.6. The van der Waals surface area contributed by atoms with E-state index in [-0.39, 0.29) is 40.5 Å². The van der Waals surface area contributed by atoms with Gasteiger partial charge in [0.15, 0.2) is 0 Å². The molecule has 0 saturated carbocycles. The van der Waals surface area contributed by atoms with Crippen molar-refractivity contribution >= 4 is 23.8 Å². The summed E-state index contributed by atoms with van der Waals surface area (Å²) in [6, 6.07) is 2.10. The number of hydroxylamine groups is 2. The van der Waals surface area contributed by atoms with Gasteiger partial charge in [0, 0.05) is 0 Å². The van der Waals surface area contributed by atoms with Gasteiger partial charge in [-0.05, 0) is 26.0 Å². The van der Waals surface area contributed by atoms with Gasteiger partial charge in [0.25, 0.3) is 11.8 Å². The van der Waals surface area contributed by atoms with Gasteiger partial charge in [0.05, 0.1) is 35.5 Å². The van der Waals surface area contributed by atoms with Crippen LogP contribution in [-0.4, -0.2) is 47.2 Å². The Bertz CT molecular complexity index is 623. The largest absolute Gasteiger partial charge is 0.462 e. The number of rotatable bonds is 4. The molecule has 8 nitrogen and oxygen atoms in total. The molecule has 0 aliphatic carbocycles. The van der Waals surface area contributed by atoms with Gasteiger partial charge in [-0.15, -0.1) is 5.06 Å². The van der Waals surface area contributed by atoms with E-state index in [0.717, 1.165) is 12.1 Å². The lowest BCUT2D eigenvalue weighted by molar-refractivity contribution is -0.0327. The Morgan fingerprint density at radius 2 is 1.32 bits per heavy atom. The Hall–Kier alpha value is -2.74. The molecule has 0 saturated heterocycles. The van der Waals surface area contributed by atoms with Crippen molar-refractivity contribution in [2.75, 3.05) is 13.2 Å². The van der Waals surface area contributed by atoms with Crippen molar-refractivity contribution in [2.24, 2.45) is 0 Å². The van der Waals surface area contributed by atoms with Crippen LogP contribution in [0.2, 0.25) is 0 Å². The van der Waals surface area contributed by atoms with Gasteiger partial charge < -0.3 is 9.47 Å². The number of amides is 2. The van der Waals surface area contributed by atoms with Gasteiger partial charge in [-0.2, -0.15) is 0 Å². The van der Waals surface area contributed by atoms with Gasteiger partial charge in [-0.1, -0.05) is 0 Å². The predicted molar refractivity (Wildman–Crippen MR) is 70.6 cm³/mol. The summed E-state index contributed by atoms with van der Waals surface area (Å²) in [5.74, 6) is -3.60. The summed E-state index contributed by atoms with van der Waals surface area (Å²) in [5, 5.41) is 9.28. The van der Waals surface area contributed by atoms with E-state index in [1.165, 1.54) is 0 Å². The van der Waals surface area contributed by atoms with Crippen molar-refractivity contribution in [3.8, 4) is 0 Å². The Kier molecular flexibility index (Phi) is 4.22. The average Bonchev–Trinajstić information content (AvgIpc) is 2.71. The number of benzene rings is 1. The Balaban J connectivity index is 2.62. The molecule has 0 bridgehead atoms. The maximum Gasteiger partial charge on any atom is 0.339 e. The maximum absolute atomic E-state index is 11.9. The second-order valence-electron chi connectivity index (χ2n) is 4.31. The summed E-state index contributed by atoms with van der Waals surface area (Å²) >= 11 is 0. The van der Waals surface area contributed by atoms with Crippen molar-refractivity contribution in [3.63, 3.8) is 0 Å². The number of hydrogen-bond acceptors (Lipinski definition) is 7. The zero-order valence-corrected chi connectivity index (χ0v) is 11.9. The van der Waals surface area contributed by atoms with Gasteiger partial charge in [-0.3, -0.25) is 14.8 Å². The molecule has 0 fully saturated rings. The van der Waals surface area contributed by atoms with E-state index >= 15 is 0 Å². The highest BCUT2D eigenvalue weighted by Gasteiger charge is 2.37. The monoisotopic (exact) mass is 307 g/mol. The second-order valence-corrected chi connectivity index (χ2v) is 4.31. The summed E-state index contributed by atoms with van der Waals surface area (Å²) < 4.78 is 9.65. The van der Waals surface area contributed by atoms with E-state index < -0.39 is 23.8 Å². The molecule has 1 aromatic carbocycles. The summed E-state index contributed by atoms with van der Waals surface area (Å²) in [6.07, 6.45) is 0. The number of ether oxygens (including phenoxy) is 2. The molecule has 1 aromatic rings. The number of nitrogens with zero attached hydrogens (tertiary/aromatic N) is 1. The van der Waals surface area contributed by atoms with E-state index in [4.69, 9.17) is 9.47 Å². The van der Waals surface area contributed by atoms with Crippen LogP contribution in [0, 0.1) is 0 Å². The predicted octanol–water partition coefficient (Wildman–Crippen LogP) is 1.03. The number of carbonyl (C=O) groups is 4. The summed E-state index contributed by atoms with van der Waals surface area (Å²) in [7, 11) is 0. The molecular weight excluding hydrogens is 294 g/mol. The minimum absolute atomic E-state index is 0.0667. The van der Waals surface area contributed by atoms with E-state index in [1.807, 2.05) is 0 Å². The molecule has 0 aromatic heterocycles. The number of imide groups is 1. The van der Waals surface area contributed by atoms with Crippen LogP contribution in [0.15, 0.2) is 12.1 Å². The van der Waals surface area contributed by atoms with Crippen LogP contribution in [0.5, 0.6) is 0 Å². The molecule has 2 rings (SSSR count). The van der Waals surface area contributed by atoms with Crippen LogP contribution in [0.3, 0.4) is 0 Å². The quantitative estimate of drug-likeness (QED) is 0.502. The van der Waals surface area contributed by atoms with Crippen molar-refractivity contribution in [1.29, 1.82) is 0 Å². The highest BCUT2D eigenvalue weighted by Crippen LogP contribution is 2.26. The fourth-order valence-electron chi connectivity index (χ4n) is 2.03. The third-order valence-corrected chi connectivity index (χ3v) is 2.99. The lowest BCUT2D eigenvalue weighted by atomic mass is 9.99. The molecule has 22 heavy (non-hydrogen) atoms. The summed E-state index contributed by atoms with van der Waals surface area (Å²) in [6.45, 7) is 3.30. The molecule has 0 atom stereocenters. The fraction of sp³-hybridized carbons (Fsp3) is 0.286. The first-order chi connectivity index (χ1) is 10.4. The van der Waals surface area contributed by atoms with Crippen LogP contribution in [-0.2, 0) is 9.47 Å². The summed E-state index contributed by atoms with van der Waals surface area (Å²) in [4.78, 5) is 47.3. The molecule has 1 aliphatic rings. The molecule has 0 spiro atoms. The molecule has 0 unspecified atom stereocenters. The SMILES string of the molecule is CCOC(=O)c1cc2c(cc1C(=O)OCC)C(=O)N(O)C2=O. The summed E-state index contributed by atoms with van der Waals surface area (Å²) in [5.41, 5.74) is -0.752.